The molecule has 1 fully saturated rings. The topological polar surface area (TPSA) is 63.4 Å². The molecule has 0 bridgehead atoms. The summed E-state index contributed by atoms with van der Waals surface area (Å²) >= 11 is 0. The number of hydrogen-bond donors (Lipinski definition) is 1. The first kappa shape index (κ1) is 11.3. The van der Waals surface area contributed by atoms with Crippen molar-refractivity contribution in [3.05, 3.63) is 24.3 Å². The largest absolute Gasteiger partial charge is 0.399 e. The lowest BCUT2D eigenvalue weighted by atomic mass is 10.2. The predicted octanol–water partition coefficient (Wildman–Crippen LogP) is 0.892. The highest BCUT2D eigenvalue weighted by Gasteiger charge is 2.28. The molecule has 88 valence electrons. The summed E-state index contributed by atoms with van der Waals surface area (Å²) in [6.07, 6.45) is 0. The Labute approximate surface area is 96.0 Å². The van der Waals surface area contributed by atoms with Crippen LogP contribution >= 0.6 is 0 Å². The Morgan fingerprint density at radius 2 is 2.19 bits per heavy atom. The second kappa shape index (κ2) is 3.97. The summed E-state index contributed by atoms with van der Waals surface area (Å²) in [6, 6.07) is 7.58. The lowest BCUT2D eigenvalue weighted by Gasteiger charge is -2.35. The summed E-state index contributed by atoms with van der Waals surface area (Å²) in [5.41, 5.74) is 7.43. The van der Waals surface area contributed by atoms with Crippen LogP contribution in [0.4, 0.5) is 11.4 Å². The van der Waals surface area contributed by atoms with E-state index < -0.39 is 9.84 Å². The molecule has 2 rings (SSSR count). The van der Waals surface area contributed by atoms with Crippen molar-refractivity contribution < 1.29 is 8.42 Å². The van der Waals surface area contributed by atoms with Crippen LogP contribution in [-0.4, -0.2) is 32.5 Å². The molecule has 0 aromatic heterocycles. The fourth-order valence-electron chi connectivity index (χ4n) is 2.09. The van der Waals surface area contributed by atoms with Gasteiger partial charge in [0, 0.05) is 24.0 Å². The summed E-state index contributed by atoms with van der Waals surface area (Å²) in [7, 11) is -2.86. The second-order valence-electron chi connectivity index (χ2n) is 4.25. The second-order valence-corrected chi connectivity index (χ2v) is 6.48. The maximum Gasteiger partial charge on any atom is 0.154 e. The molecule has 0 saturated carbocycles. The molecular formula is C11H16N2O2S. The molecule has 0 radical (unpaired) electrons. The monoisotopic (exact) mass is 240 g/mol. The van der Waals surface area contributed by atoms with Crippen LogP contribution in [0.2, 0.25) is 0 Å². The van der Waals surface area contributed by atoms with Crippen LogP contribution in [0.25, 0.3) is 0 Å². The molecular weight excluding hydrogens is 224 g/mol. The molecule has 1 atom stereocenters. The minimum absolute atomic E-state index is 0.0144. The molecule has 0 spiro atoms. The van der Waals surface area contributed by atoms with E-state index in [0.29, 0.717) is 12.2 Å². The van der Waals surface area contributed by atoms with Gasteiger partial charge in [-0.3, -0.25) is 0 Å². The molecule has 1 aliphatic rings. The van der Waals surface area contributed by atoms with Gasteiger partial charge in [0.1, 0.15) is 0 Å². The number of sulfone groups is 1. The summed E-state index contributed by atoms with van der Waals surface area (Å²) in [5.74, 6) is 0.452. The van der Waals surface area contributed by atoms with Gasteiger partial charge in [0.25, 0.3) is 0 Å². The van der Waals surface area contributed by atoms with E-state index in [1.54, 1.807) is 0 Å². The smallest absolute Gasteiger partial charge is 0.154 e. The summed E-state index contributed by atoms with van der Waals surface area (Å²) in [6.45, 7) is 2.48. The molecule has 1 unspecified atom stereocenters. The van der Waals surface area contributed by atoms with Gasteiger partial charge in [-0.05, 0) is 25.1 Å². The highest BCUT2D eigenvalue weighted by atomic mass is 32.2. The summed E-state index contributed by atoms with van der Waals surface area (Å²) in [4.78, 5) is 2.09. The van der Waals surface area contributed by atoms with Crippen molar-refractivity contribution in [2.45, 2.75) is 13.0 Å². The van der Waals surface area contributed by atoms with Crippen LogP contribution in [-0.2, 0) is 9.84 Å². The van der Waals surface area contributed by atoms with Crippen LogP contribution in [0.3, 0.4) is 0 Å². The average molecular weight is 240 g/mol. The van der Waals surface area contributed by atoms with Crippen LogP contribution in [0.1, 0.15) is 6.92 Å². The molecule has 1 saturated heterocycles. The fraction of sp³-hybridized carbons (Fsp3) is 0.455. The summed E-state index contributed by atoms with van der Waals surface area (Å²) < 4.78 is 22.9. The number of nitrogens with two attached hydrogens (primary N) is 1. The van der Waals surface area contributed by atoms with Crippen molar-refractivity contribution in [3.8, 4) is 0 Å². The zero-order valence-corrected chi connectivity index (χ0v) is 10.1. The molecule has 1 heterocycles. The third kappa shape index (κ3) is 2.29. The van der Waals surface area contributed by atoms with E-state index in [1.807, 2.05) is 31.2 Å². The summed E-state index contributed by atoms with van der Waals surface area (Å²) in [5, 5.41) is 0. The predicted molar refractivity (Wildman–Crippen MR) is 66.3 cm³/mol. The Kier molecular flexibility index (Phi) is 2.80. The van der Waals surface area contributed by atoms with Gasteiger partial charge in [-0.25, -0.2) is 8.42 Å². The molecule has 1 aliphatic heterocycles. The van der Waals surface area contributed by atoms with Gasteiger partial charge in [0.05, 0.1) is 11.5 Å². The molecule has 1 aromatic carbocycles. The lowest BCUT2D eigenvalue weighted by molar-refractivity contribution is 0.568. The minimum atomic E-state index is -2.86. The van der Waals surface area contributed by atoms with Gasteiger partial charge in [-0.2, -0.15) is 0 Å². The highest BCUT2D eigenvalue weighted by molar-refractivity contribution is 7.91. The standard InChI is InChI=1S/C11H16N2O2S/c1-9-8-16(14,15)6-5-13(9)11-4-2-3-10(12)7-11/h2-4,7,9H,5-6,8,12H2,1H3. The van der Waals surface area contributed by atoms with Crippen molar-refractivity contribution in [2.24, 2.45) is 0 Å². The lowest BCUT2D eigenvalue weighted by Crippen LogP contribution is -2.47. The molecule has 5 heteroatoms. The maximum atomic E-state index is 11.5. The fourth-order valence-corrected chi connectivity index (χ4v) is 3.64. The van der Waals surface area contributed by atoms with E-state index in [1.165, 1.54) is 0 Å². The van der Waals surface area contributed by atoms with Crippen molar-refractivity contribution in [1.82, 2.24) is 0 Å². The zero-order valence-electron chi connectivity index (χ0n) is 9.26. The van der Waals surface area contributed by atoms with E-state index in [0.717, 1.165) is 5.69 Å². The van der Waals surface area contributed by atoms with Crippen LogP contribution in [0.5, 0.6) is 0 Å². The van der Waals surface area contributed by atoms with Crippen molar-refractivity contribution >= 4 is 21.2 Å². The Morgan fingerprint density at radius 3 is 2.81 bits per heavy atom. The highest BCUT2D eigenvalue weighted by Crippen LogP contribution is 2.23. The van der Waals surface area contributed by atoms with Crippen LogP contribution in [0, 0.1) is 0 Å². The van der Waals surface area contributed by atoms with E-state index in [-0.39, 0.29) is 17.5 Å². The van der Waals surface area contributed by atoms with E-state index in [2.05, 4.69) is 4.90 Å². The quantitative estimate of drug-likeness (QED) is 0.741. The normalized spacial score (nSPS) is 24.3. The first-order valence-corrected chi connectivity index (χ1v) is 7.13. The molecule has 16 heavy (non-hydrogen) atoms. The van der Waals surface area contributed by atoms with E-state index in [4.69, 9.17) is 5.73 Å². The third-order valence-electron chi connectivity index (χ3n) is 2.87. The number of nitrogen functional groups attached to an aromatic ring is 1. The minimum Gasteiger partial charge on any atom is -0.399 e. The van der Waals surface area contributed by atoms with Crippen LogP contribution in [0.15, 0.2) is 24.3 Å². The number of anilines is 2. The maximum absolute atomic E-state index is 11.5. The SMILES string of the molecule is CC1CS(=O)(=O)CCN1c1cccc(N)c1. The van der Waals surface area contributed by atoms with Gasteiger partial charge in [-0.15, -0.1) is 0 Å². The van der Waals surface area contributed by atoms with Gasteiger partial charge in [-0.1, -0.05) is 6.07 Å². The van der Waals surface area contributed by atoms with E-state index in [9.17, 15) is 8.42 Å². The Bertz CT molecular complexity index is 485. The number of rotatable bonds is 1. The Morgan fingerprint density at radius 1 is 1.44 bits per heavy atom. The Balaban J connectivity index is 2.24. The molecule has 2 N–H and O–H groups in total. The molecule has 0 aliphatic carbocycles. The van der Waals surface area contributed by atoms with Crippen LogP contribution < -0.4 is 10.6 Å². The first-order valence-electron chi connectivity index (χ1n) is 5.30. The van der Waals surface area contributed by atoms with Crippen molar-refractivity contribution in [1.29, 1.82) is 0 Å². The molecule has 0 amide bonds. The zero-order chi connectivity index (χ0) is 11.8. The van der Waals surface area contributed by atoms with E-state index >= 15 is 0 Å². The molecule has 1 aromatic rings. The van der Waals surface area contributed by atoms with Gasteiger partial charge >= 0.3 is 0 Å². The molecule has 4 nitrogen and oxygen atoms in total. The van der Waals surface area contributed by atoms with Crippen molar-refractivity contribution in [2.75, 3.05) is 28.7 Å². The number of hydrogen-bond acceptors (Lipinski definition) is 4. The van der Waals surface area contributed by atoms with Gasteiger partial charge in [0.15, 0.2) is 9.84 Å². The average Bonchev–Trinajstić information content (AvgIpc) is 2.15. The van der Waals surface area contributed by atoms with Gasteiger partial charge in [0.2, 0.25) is 0 Å². The van der Waals surface area contributed by atoms with Crippen molar-refractivity contribution in [3.63, 3.8) is 0 Å². The van der Waals surface area contributed by atoms with Gasteiger partial charge < -0.3 is 10.6 Å². The number of nitrogens with zero attached hydrogens (tertiary/aromatic N) is 1. The Hall–Kier alpha value is -1.23. The number of benzene rings is 1. The third-order valence-corrected chi connectivity index (χ3v) is 4.67. The first-order chi connectivity index (χ1) is 7.48.